The number of aromatic nitrogens is 3. The Bertz CT molecular complexity index is 843. The molecule has 0 aromatic carbocycles. The van der Waals surface area contributed by atoms with Gasteiger partial charge in [0.1, 0.15) is 24.5 Å². The summed E-state index contributed by atoms with van der Waals surface area (Å²) in [5, 5.41) is 2.69. The molecule has 0 radical (unpaired) electrons. The molecule has 150 valence electrons. The normalized spacial score (nSPS) is 22.4. The highest BCUT2D eigenvalue weighted by Gasteiger charge is 2.41. The van der Waals surface area contributed by atoms with Crippen LogP contribution in [0.25, 0.3) is 11.3 Å². The van der Waals surface area contributed by atoms with Crippen molar-refractivity contribution in [1.29, 1.82) is 0 Å². The number of carbonyl (C=O) groups excluding carboxylic acids is 1. The Hall–Kier alpha value is -2.49. The maximum atomic E-state index is 13.9. The quantitative estimate of drug-likeness (QED) is 0.755. The van der Waals surface area contributed by atoms with E-state index in [1.807, 2.05) is 0 Å². The van der Waals surface area contributed by atoms with Crippen LogP contribution in [0, 0.1) is 0 Å². The fourth-order valence-electron chi connectivity index (χ4n) is 2.98. The summed E-state index contributed by atoms with van der Waals surface area (Å²) in [6.07, 6.45) is -2.09. The zero-order valence-corrected chi connectivity index (χ0v) is 14.6. The molecule has 0 bridgehead atoms. The van der Waals surface area contributed by atoms with Crippen LogP contribution >= 0.6 is 0 Å². The van der Waals surface area contributed by atoms with Gasteiger partial charge in [-0.25, -0.2) is 18.7 Å². The summed E-state index contributed by atoms with van der Waals surface area (Å²) in [6.45, 7) is -1.33. The van der Waals surface area contributed by atoms with Crippen molar-refractivity contribution in [3.8, 4) is 11.3 Å². The molecule has 0 spiro atoms. The predicted molar refractivity (Wildman–Crippen MR) is 89.8 cm³/mol. The molecule has 10 heteroatoms. The van der Waals surface area contributed by atoms with Crippen molar-refractivity contribution in [2.75, 3.05) is 13.2 Å². The molecule has 1 aliphatic heterocycles. The van der Waals surface area contributed by atoms with E-state index < -0.39 is 30.3 Å². The Morgan fingerprint density at radius 1 is 1.25 bits per heavy atom. The molecule has 1 saturated heterocycles. The van der Waals surface area contributed by atoms with Crippen molar-refractivity contribution in [1.82, 2.24) is 20.3 Å². The van der Waals surface area contributed by atoms with Gasteiger partial charge < -0.3 is 5.32 Å². The van der Waals surface area contributed by atoms with E-state index >= 15 is 0 Å². The SMILES string of the molecule is O=C(CCc1cc(-c2ccc(C(F)(F)F)nc2)ncn1)[C@@H]1CC(F)(CF)CN1. The van der Waals surface area contributed by atoms with Gasteiger partial charge in [-0.15, -0.1) is 0 Å². The number of halogens is 5. The molecular weight excluding hydrogens is 383 g/mol. The minimum absolute atomic E-state index is 0.0712. The molecule has 5 nitrogen and oxygen atoms in total. The van der Waals surface area contributed by atoms with Gasteiger partial charge in [0.05, 0.1) is 11.7 Å². The lowest BCUT2D eigenvalue weighted by Gasteiger charge is -2.13. The van der Waals surface area contributed by atoms with Gasteiger partial charge in [0, 0.05) is 36.8 Å². The van der Waals surface area contributed by atoms with E-state index in [2.05, 4.69) is 20.3 Å². The number of hydrogen-bond acceptors (Lipinski definition) is 5. The number of Topliss-reactive ketones (excluding diaryl/α,β-unsaturated/α-hetero) is 1. The molecule has 2 aromatic heterocycles. The molecule has 1 unspecified atom stereocenters. The molecule has 2 atom stereocenters. The number of pyridine rings is 1. The third-order valence-corrected chi connectivity index (χ3v) is 4.56. The van der Waals surface area contributed by atoms with Gasteiger partial charge in [-0.3, -0.25) is 9.78 Å². The van der Waals surface area contributed by atoms with Crippen LogP contribution in [0.5, 0.6) is 0 Å². The summed E-state index contributed by atoms with van der Waals surface area (Å²) >= 11 is 0. The van der Waals surface area contributed by atoms with E-state index in [0.717, 1.165) is 12.3 Å². The smallest absolute Gasteiger partial charge is 0.304 e. The van der Waals surface area contributed by atoms with Crippen molar-refractivity contribution in [3.05, 3.63) is 42.1 Å². The molecule has 28 heavy (non-hydrogen) atoms. The summed E-state index contributed by atoms with van der Waals surface area (Å²) in [7, 11) is 0. The van der Waals surface area contributed by atoms with Crippen LogP contribution in [0.2, 0.25) is 0 Å². The van der Waals surface area contributed by atoms with Gasteiger partial charge in [0.15, 0.2) is 5.67 Å². The second-order valence-corrected chi connectivity index (χ2v) is 6.71. The summed E-state index contributed by atoms with van der Waals surface area (Å²) < 4.78 is 64.3. The van der Waals surface area contributed by atoms with Gasteiger partial charge in [0.25, 0.3) is 0 Å². The fraction of sp³-hybridized carbons (Fsp3) is 0.444. The molecule has 0 amide bonds. The topological polar surface area (TPSA) is 67.8 Å². The van der Waals surface area contributed by atoms with Crippen molar-refractivity contribution in [3.63, 3.8) is 0 Å². The molecule has 3 heterocycles. The summed E-state index contributed by atoms with van der Waals surface area (Å²) in [5.74, 6) is -0.246. The first-order valence-electron chi connectivity index (χ1n) is 8.56. The first-order chi connectivity index (χ1) is 13.2. The Morgan fingerprint density at radius 2 is 2.04 bits per heavy atom. The lowest BCUT2D eigenvalue weighted by molar-refractivity contribution is -0.141. The summed E-state index contributed by atoms with van der Waals surface area (Å²) in [6, 6.07) is 2.94. The lowest BCUT2D eigenvalue weighted by atomic mass is 9.99. The van der Waals surface area contributed by atoms with E-state index in [4.69, 9.17) is 0 Å². The Balaban J connectivity index is 1.63. The second-order valence-electron chi connectivity index (χ2n) is 6.71. The van der Waals surface area contributed by atoms with Crippen LogP contribution in [-0.2, 0) is 17.4 Å². The molecule has 1 fully saturated rings. The zero-order chi connectivity index (χ0) is 20.4. The second kappa shape index (κ2) is 7.86. The molecule has 0 saturated carbocycles. The fourth-order valence-corrected chi connectivity index (χ4v) is 2.98. The molecule has 1 aliphatic rings. The number of nitrogens with one attached hydrogen (secondary N) is 1. The predicted octanol–water partition coefficient (Wildman–Crippen LogP) is 3.10. The zero-order valence-electron chi connectivity index (χ0n) is 14.6. The van der Waals surface area contributed by atoms with E-state index in [0.29, 0.717) is 17.0 Å². The molecule has 1 N–H and O–H groups in total. The minimum Gasteiger partial charge on any atom is -0.304 e. The average molecular weight is 400 g/mol. The standard InChI is InChI=1S/C18H17F5N4O/c19-8-17(20)6-14(25-9-17)15(28)3-2-12-5-13(27-10-26-12)11-1-4-16(24-7-11)18(21,22)23/h1,4-5,7,10,14,25H,2-3,6,8-9H2/t14-,17?/m0/s1. The number of aryl methyl sites for hydroxylation is 1. The van der Waals surface area contributed by atoms with Crippen molar-refractivity contribution < 1.29 is 26.7 Å². The van der Waals surface area contributed by atoms with Gasteiger partial charge in [-0.2, -0.15) is 13.2 Å². The Labute approximate surface area is 157 Å². The van der Waals surface area contributed by atoms with Gasteiger partial charge in [-0.05, 0) is 24.6 Å². The first kappa shape index (κ1) is 20.2. The molecular formula is C18H17F5N4O. The number of rotatable bonds is 6. The van der Waals surface area contributed by atoms with E-state index in [1.54, 1.807) is 6.07 Å². The van der Waals surface area contributed by atoms with Crippen LogP contribution in [0.4, 0.5) is 22.0 Å². The van der Waals surface area contributed by atoms with E-state index in [-0.39, 0.29) is 31.6 Å². The van der Waals surface area contributed by atoms with Crippen LogP contribution in [-0.4, -0.2) is 45.7 Å². The lowest BCUT2D eigenvalue weighted by Crippen LogP contribution is -2.31. The monoisotopic (exact) mass is 400 g/mol. The highest BCUT2D eigenvalue weighted by atomic mass is 19.4. The Morgan fingerprint density at radius 3 is 2.64 bits per heavy atom. The van der Waals surface area contributed by atoms with Crippen molar-refractivity contribution in [2.45, 2.75) is 37.1 Å². The highest BCUT2D eigenvalue weighted by Crippen LogP contribution is 2.29. The average Bonchev–Trinajstić information content (AvgIpc) is 3.09. The number of nitrogens with zero attached hydrogens (tertiary/aromatic N) is 3. The highest BCUT2D eigenvalue weighted by molar-refractivity contribution is 5.84. The van der Waals surface area contributed by atoms with Crippen molar-refractivity contribution in [2.24, 2.45) is 0 Å². The maximum Gasteiger partial charge on any atom is 0.433 e. The molecule has 2 aromatic rings. The maximum absolute atomic E-state index is 13.9. The third kappa shape index (κ3) is 4.67. The minimum atomic E-state index is -4.52. The van der Waals surface area contributed by atoms with Crippen LogP contribution in [0.1, 0.15) is 24.2 Å². The van der Waals surface area contributed by atoms with Crippen molar-refractivity contribution >= 4 is 5.78 Å². The van der Waals surface area contributed by atoms with Gasteiger partial charge >= 0.3 is 6.18 Å². The molecule has 3 rings (SSSR count). The number of carbonyl (C=O) groups is 1. The van der Waals surface area contributed by atoms with Gasteiger partial charge in [0.2, 0.25) is 0 Å². The largest absolute Gasteiger partial charge is 0.433 e. The number of alkyl halides is 5. The Kier molecular flexibility index (Phi) is 5.69. The van der Waals surface area contributed by atoms with Crippen LogP contribution in [0.3, 0.4) is 0 Å². The van der Waals surface area contributed by atoms with Gasteiger partial charge in [-0.1, -0.05) is 0 Å². The van der Waals surface area contributed by atoms with Crippen LogP contribution in [0.15, 0.2) is 30.7 Å². The van der Waals surface area contributed by atoms with E-state index in [9.17, 15) is 26.7 Å². The van der Waals surface area contributed by atoms with Crippen LogP contribution < -0.4 is 5.32 Å². The van der Waals surface area contributed by atoms with E-state index in [1.165, 1.54) is 12.4 Å². The number of hydrogen-bond donors (Lipinski definition) is 1. The number of ketones is 1. The summed E-state index contributed by atoms with van der Waals surface area (Å²) in [4.78, 5) is 23.6. The summed E-state index contributed by atoms with van der Waals surface area (Å²) in [5.41, 5.74) is -1.74. The third-order valence-electron chi connectivity index (χ3n) is 4.56. The first-order valence-corrected chi connectivity index (χ1v) is 8.56. The molecule has 0 aliphatic carbocycles.